The summed E-state index contributed by atoms with van der Waals surface area (Å²) in [7, 11) is 0. The van der Waals surface area contributed by atoms with Gasteiger partial charge in [-0.25, -0.2) is 0 Å². The van der Waals surface area contributed by atoms with E-state index in [2.05, 4.69) is 19.1 Å². The largest absolute Gasteiger partial charge is 0.0848 e. The molecule has 0 aromatic heterocycles. The van der Waals surface area contributed by atoms with Crippen LogP contribution in [0.3, 0.4) is 0 Å². The van der Waals surface area contributed by atoms with Crippen LogP contribution in [-0.2, 0) is 0 Å². The van der Waals surface area contributed by atoms with E-state index in [-0.39, 0.29) is 0 Å². The number of rotatable bonds is 1. The molecule has 0 aromatic carbocycles. The SMILES string of the molecule is CCC12C3C=CC(C3)C1C1CC2C2C3CCC(C3)C12. The molecular formula is C19H26. The highest BCUT2D eigenvalue weighted by atomic mass is 14.8. The molecule has 10 atom stereocenters. The first-order chi connectivity index (χ1) is 9.34. The zero-order valence-electron chi connectivity index (χ0n) is 12.1. The Kier molecular flexibility index (Phi) is 1.65. The summed E-state index contributed by atoms with van der Waals surface area (Å²) in [4.78, 5) is 0. The molecule has 0 N–H and O–H groups in total. The number of hydrogen-bond acceptors (Lipinski definition) is 0. The van der Waals surface area contributed by atoms with E-state index in [1.807, 2.05) is 0 Å². The molecule has 0 aliphatic heterocycles. The Balaban J connectivity index is 1.53. The van der Waals surface area contributed by atoms with Gasteiger partial charge in [-0.1, -0.05) is 19.1 Å². The summed E-state index contributed by atoms with van der Waals surface area (Å²) in [5, 5.41) is 0. The van der Waals surface area contributed by atoms with Gasteiger partial charge in [-0.2, -0.15) is 0 Å². The fourth-order valence-corrected chi connectivity index (χ4v) is 9.22. The van der Waals surface area contributed by atoms with Crippen molar-refractivity contribution in [1.29, 1.82) is 0 Å². The van der Waals surface area contributed by atoms with Gasteiger partial charge in [0.1, 0.15) is 0 Å². The van der Waals surface area contributed by atoms with Gasteiger partial charge < -0.3 is 0 Å². The molecule has 0 radical (unpaired) electrons. The zero-order valence-corrected chi connectivity index (χ0v) is 12.1. The van der Waals surface area contributed by atoms with E-state index < -0.39 is 0 Å². The molecule has 0 saturated heterocycles. The third kappa shape index (κ3) is 0.878. The molecule has 6 rings (SSSR count). The highest BCUT2D eigenvalue weighted by Crippen LogP contribution is 2.80. The second kappa shape index (κ2) is 3.00. The van der Waals surface area contributed by atoms with Crippen molar-refractivity contribution in [3.05, 3.63) is 12.2 Å². The van der Waals surface area contributed by atoms with E-state index in [9.17, 15) is 0 Å². The summed E-state index contributed by atoms with van der Waals surface area (Å²) in [6.07, 6.45) is 14.8. The van der Waals surface area contributed by atoms with Gasteiger partial charge in [0, 0.05) is 0 Å². The van der Waals surface area contributed by atoms with Gasteiger partial charge in [0.15, 0.2) is 0 Å². The molecule has 102 valence electrons. The zero-order chi connectivity index (χ0) is 12.4. The first kappa shape index (κ1) is 10.5. The highest BCUT2D eigenvalue weighted by Gasteiger charge is 2.74. The first-order valence-corrected chi connectivity index (χ1v) is 9.03. The van der Waals surface area contributed by atoms with Gasteiger partial charge >= 0.3 is 0 Å². The number of allylic oxidation sites excluding steroid dienone is 2. The van der Waals surface area contributed by atoms with Crippen molar-refractivity contribution in [2.45, 2.75) is 45.4 Å². The lowest BCUT2D eigenvalue weighted by Gasteiger charge is -2.52. The van der Waals surface area contributed by atoms with Gasteiger partial charge in [-0.05, 0) is 97.2 Å². The predicted molar refractivity (Wildman–Crippen MR) is 76.4 cm³/mol. The molecule has 0 spiro atoms. The third-order valence-corrected chi connectivity index (χ3v) is 9.18. The van der Waals surface area contributed by atoms with Crippen molar-refractivity contribution in [3.8, 4) is 0 Å². The second-order valence-corrected chi connectivity index (χ2v) is 8.88. The van der Waals surface area contributed by atoms with Crippen LogP contribution >= 0.6 is 0 Å². The maximum atomic E-state index is 2.65. The van der Waals surface area contributed by atoms with Crippen LogP contribution in [0.15, 0.2) is 12.2 Å². The van der Waals surface area contributed by atoms with Crippen molar-refractivity contribution in [3.63, 3.8) is 0 Å². The van der Waals surface area contributed by atoms with Crippen molar-refractivity contribution >= 4 is 0 Å². The van der Waals surface area contributed by atoms with E-state index in [0.717, 1.165) is 40.9 Å². The van der Waals surface area contributed by atoms with E-state index >= 15 is 0 Å². The Morgan fingerprint density at radius 3 is 2.68 bits per heavy atom. The normalized spacial score (nSPS) is 70.1. The Hall–Kier alpha value is -0.260. The molecule has 6 aliphatic rings. The molecule has 5 saturated carbocycles. The third-order valence-electron chi connectivity index (χ3n) is 9.18. The summed E-state index contributed by atoms with van der Waals surface area (Å²) < 4.78 is 0. The quantitative estimate of drug-likeness (QED) is 0.477. The molecule has 0 nitrogen and oxygen atoms in total. The topological polar surface area (TPSA) is 0 Å². The van der Waals surface area contributed by atoms with Gasteiger partial charge in [-0.3, -0.25) is 0 Å². The summed E-state index contributed by atoms with van der Waals surface area (Å²) in [6.45, 7) is 2.53. The molecule has 0 aromatic rings. The Morgan fingerprint density at radius 1 is 1.00 bits per heavy atom. The van der Waals surface area contributed by atoms with Crippen LogP contribution in [0.4, 0.5) is 0 Å². The molecule has 0 heterocycles. The molecule has 0 amide bonds. The van der Waals surface area contributed by atoms with Crippen LogP contribution in [0.2, 0.25) is 0 Å². The minimum atomic E-state index is 0.787. The fourth-order valence-electron chi connectivity index (χ4n) is 9.22. The molecule has 0 heteroatoms. The lowest BCUT2D eigenvalue weighted by Crippen LogP contribution is -2.47. The predicted octanol–water partition coefficient (Wildman–Crippen LogP) is 4.52. The van der Waals surface area contributed by atoms with E-state index in [0.29, 0.717) is 0 Å². The summed E-state index contributed by atoms with van der Waals surface area (Å²) in [6, 6.07) is 0. The monoisotopic (exact) mass is 254 g/mol. The van der Waals surface area contributed by atoms with Crippen LogP contribution in [-0.4, -0.2) is 0 Å². The molecule has 6 aliphatic carbocycles. The van der Waals surface area contributed by atoms with Crippen molar-refractivity contribution in [1.82, 2.24) is 0 Å². The van der Waals surface area contributed by atoms with E-state index in [1.54, 1.807) is 32.1 Å². The van der Waals surface area contributed by atoms with Crippen LogP contribution in [0.25, 0.3) is 0 Å². The summed E-state index contributed by atoms with van der Waals surface area (Å²) in [5.74, 6) is 10.1. The first-order valence-electron chi connectivity index (χ1n) is 9.03. The lowest BCUT2D eigenvalue weighted by molar-refractivity contribution is -0.0313. The fraction of sp³-hybridized carbons (Fsp3) is 0.895. The van der Waals surface area contributed by atoms with Crippen molar-refractivity contribution in [2.24, 2.45) is 58.7 Å². The minimum absolute atomic E-state index is 0.787. The Labute approximate surface area is 117 Å². The molecule has 10 unspecified atom stereocenters. The van der Waals surface area contributed by atoms with E-state index in [1.165, 1.54) is 24.2 Å². The van der Waals surface area contributed by atoms with Crippen LogP contribution in [0, 0.1) is 58.7 Å². The van der Waals surface area contributed by atoms with Gasteiger partial charge in [0.05, 0.1) is 0 Å². The Bertz CT molecular complexity index is 476. The van der Waals surface area contributed by atoms with Gasteiger partial charge in [0.25, 0.3) is 0 Å². The molecule has 5 fully saturated rings. The average Bonchev–Trinajstić information content (AvgIpc) is 3.20. The molecular weight excluding hydrogens is 228 g/mol. The average molecular weight is 254 g/mol. The Morgan fingerprint density at radius 2 is 1.84 bits per heavy atom. The van der Waals surface area contributed by atoms with Gasteiger partial charge in [0.2, 0.25) is 0 Å². The van der Waals surface area contributed by atoms with Crippen LogP contribution in [0.5, 0.6) is 0 Å². The van der Waals surface area contributed by atoms with Crippen molar-refractivity contribution < 1.29 is 0 Å². The maximum Gasteiger partial charge on any atom is -0.0165 e. The molecule has 19 heavy (non-hydrogen) atoms. The number of hydrogen-bond donors (Lipinski definition) is 0. The van der Waals surface area contributed by atoms with Gasteiger partial charge in [-0.15, -0.1) is 0 Å². The molecule has 6 bridgehead atoms. The van der Waals surface area contributed by atoms with Crippen molar-refractivity contribution in [2.75, 3.05) is 0 Å². The highest BCUT2D eigenvalue weighted by molar-refractivity contribution is 5.29. The number of fused-ring (bicyclic) bond motifs is 16. The standard InChI is InChI=1S/C19H26/c1-2-19-13-6-5-12(8-13)18(19)14-9-15(19)17-11-4-3-10(7-11)16(14)17/h5-6,10-18H,2-4,7-9H2,1H3. The van der Waals surface area contributed by atoms with Crippen LogP contribution < -0.4 is 0 Å². The van der Waals surface area contributed by atoms with E-state index in [4.69, 9.17) is 0 Å². The smallest absolute Gasteiger partial charge is 0.0165 e. The summed E-state index contributed by atoms with van der Waals surface area (Å²) in [5.41, 5.74) is 0.787. The maximum absolute atomic E-state index is 2.65. The second-order valence-electron chi connectivity index (χ2n) is 8.88. The minimum Gasteiger partial charge on any atom is -0.0848 e. The summed E-state index contributed by atoms with van der Waals surface area (Å²) >= 11 is 0. The lowest BCUT2D eigenvalue weighted by atomic mass is 9.52. The van der Waals surface area contributed by atoms with Crippen LogP contribution in [0.1, 0.15) is 45.4 Å².